The van der Waals surface area contributed by atoms with Gasteiger partial charge in [0.05, 0.1) is 24.2 Å². The molecule has 0 atom stereocenters. The van der Waals surface area contributed by atoms with Gasteiger partial charge >= 0.3 is 0 Å². The van der Waals surface area contributed by atoms with Crippen molar-refractivity contribution in [1.82, 2.24) is 15.2 Å². The van der Waals surface area contributed by atoms with E-state index in [0.717, 1.165) is 27.7 Å². The lowest BCUT2D eigenvalue weighted by atomic mass is 10.2. The number of anilines is 1. The summed E-state index contributed by atoms with van der Waals surface area (Å²) in [5.74, 6) is 0.752. The van der Waals surface area contributed by atoms with E-state index in [9.17, 15) is 4.79 Å². The van der Waals surface area contributed by atoms with Crippen molar-refractivity contribution in [3.8, 4) is 16.3 Å². The number of rotatable bonds is 6. The molecular weight excluding hydrogens is 336 g/mol. The minimum absolute atomic E-state index is 0.0760. The highest BCUT2D eigenvalue weighted by Crippen LogP contribution is 2.31. The van der Waals surface area contributed by atoms with Crippen molar-refractivity contribution in [2.45, 2.75) is 20.3 Å². The topological polar surface area (TPSA) is 71.1 Å². The second-order valence-electron chi connectivity index (χ2n) is 5.43. The Morgan fingerprint density at radius 3 is 2.64 bits per heavy atom. The molecule has 1 amide bonds. The summed E-state index contributed by atoms with van der Waals surface area (Å²) in [7, 11) is 1.74. The third-order valence-corrected chi connectivity index (χ3v) is 4.95. The molecule has 1 N–H and O–H groups in total. The Balaban J connectivity index is 1.90. The number of H-pyrrole nitrogens is 1. The van der Waals surface area contributed by atoms with Crippen LogP contribution in [-0.2, 0) is 6.42 Å². The van der Waals surface area contributed by atoms with Gasteiger partial charge < -0.3 is 9.64 Å². The summed E-state index contributed by atoms with van der Waals surface area (Å²) < 4.78 is 5.47. The monoisotopic (exact) mass is 356 g/mol. The first kappa shape index (κ1) is 17.2. The van der Waals surface area contributed by atoms with Crippen LogP contribution in [0.15, 0.2) is 36.7 Å². The van der Waals surface area contributed by atoms with Crippen LogP contribution in [-0.4, -0.2) is 34.7 Å². The van der Waals surface area contributed by atoms with Crippen LogP contribution < -0.4 is 9.64 Å². The van der Waals surface area contributed by atoms with Gasteiger partial charge in [-0.2, -0.15) is 5.10 Å². The quantitative estimate of drug-likeness (QED) is 0.730. The Labute approximate surface area is 150 Å². The standard InChI is InChI=1S/C18H20N4O2S/c1-4-15-16(18(23)22(3)13-10-19-20-11-13)25-17(21-15)12-6-8-14(9-7-12)24-5-2/h6-11H,4-5H2,1-3H3,(H,19,20). The number of aryl methyl sites for hydroxylation is 1. The fraction of sp³-hybridized carbons (Fsp3) is 0.278. The van der Waals surface area contributed by atoms with E-state index < -0.39 is 0 Å². The maximum Gasteiger partial charge on any atom is 0.270 e. The zero-order valence-electron chi connectivity index (χ0n) is 14.4. The van der Waals surface area contributed by atoms with E-state index in [1.165, 1.54) is 11.3 Å². The average molecular weight is 356 g/mol. The van der Waals surface area contributed by atoms with Crippen LogP contribution in [0.2, 0.25) is 0 Å². The average Bonchev–Trinajstić information content (AvgIpc) is 3.31. The zero-order valence-corrected chi connectivity index (χ0v) is 15.3. The maximum absolute atomic E-state index is 12.8. The van der Waals surface area contributed by atoms with Gasteiger partial charge in [0.15, 0.2) is 0 Å². The van der Waals surface area contributed by atoms with Crippen molar-refractivity contribution in [2.75, 3.05) is 18.6 Å². The molecule has 0 saturated heterocycles. The number of hydrogen-bond donors (Lipinski definition) is 1. The number of nitrogens with one attached hydrogen (secondary N) is 1. The Morgan fingerprint density at radius 2 is 2.04 bits per heavy atom. The Hall–Kier alpha value is -2.67. The maximum atomic E-state index is 12.8. The summed E-state index contributed by atoms with van der Waals surface area (Å²) in [5.41, 5.74) is 2.52. The van der Waals surface area contributed by atoms with Gasteiger partial charge in [-0.1, -0.05) is 6.92 Å². The van der Waals surface area contributed by atoms with Crippen molar-refractivity contribution in [3.05, 3.63) is 47.2 Å². The fourth-order valence-corrected chi connectivity index (χ4v) is 3.57. The number of amides is 1. The summed E-state index contributed by atoms with van der Waals surface area (Å²) in [6.07, 6.45) is 4.02. The molecule has 130 valence electrons. The van der Waals surface area contributed by atoms with Crippen LogP contribution in [0, 0.1) is 0 Å². The summed E-state index contributed by atoms with van der Waals surface area (Å²) >= 11 is 1.42. The van der Waals surface area contributed by atoms with E-state index in [-0.39, 0.29) is 5.91 Å². The molecule has 3 rings (SSSR count). The third kappa shape index (κ3) is 3.56. The number of carbonyl (C=O) groups excluding carboxylic acids is 1. The van der Waals surface area contributed by atoms with Crippen LogP contribution in [0.5, 0.6) is 5.75 Å². The van der Waals surface area contributed by atoms with Gasteiger partial charge in [0.25, 0.3) is 5.91 Å². The highest BCUT2D eigenvalue weighted by atomic mass is 32.1. The highest BCUT2D eigenvalue weighted by molar-refractivity contribution is 7.17. The highest BCUT2D eigenvalue weighted by Gasteiger charge is 2.22. The van der Waals surface area contributed by atoms with Gasteiger partial charge in [0, 0.05) is 18.8 Å². The SMILES string of the molecule is CCOc1ccc(-c2nc(CC)c(C(=O)N(C)c3cn[nH]c3)s2)cc1. The van der Waals surface area contributed by atoms with E-state index >= 15 is 0 Å². The van der Waals surface area contributed by atoms with E-state index in [4.69, 9.17) is 4.74 Å². The molecule has 2 heterocycles. The molecule has 0 aliphatic heterocycles. The number of nitrogens with zero attached hydrogens (tertiary/aromatic N) is 3. The molecule has 0 bridgehead atoms. The van der Waals surface area contributed by atoms with Crippen molar-refractivity contribution >= 4 is 22.9 Å². The largest absolute Gasteiger partial charge is 0.494 e. The molecule has 0 fully saturated rings. The molecule has 0 spiro atoms. The minimum atomic E-state index is -0.0760. The second-order valence-corrected chi connectivity index (χ2v) is 6.43. The van der Waals surface area contributed by atoms with E-state index in [1.807, 2.05) is 38.1 Å². The lowest BCUT2D eigenvalue weighted by Gasteiger charge is -2.13. The van der Waals surface area contributed by atoms with Gasteiger partial charge in [0.1, 0.15) is 15.6 Å². The van der Waals surface area contributed by atoms with Gasteiger partial charge in [0.2, 0.25) is 0 Å². The lowest BCUT2D eigenvalue weighted by molar-refractivity contribution is 0.0996. The van der Waals surface area contributed by atoms with E-state index in [2.05, 4.69) is 15.2 Å². The number of aromatic amines is 1. The molecule has 7 heteroatoms. The van der Waals surface area contributed by atoms with Gasteiger partial charge in [-0.05, 0) is 37.6 Å². The second kappa shape index (κ2) is 7.48. The molecule has 0 radical (unpaired) electrons. The summed E-state index contributed by atoms with van der Waals surface area (Å²) in [6, 6.07) is 7.78. The number of ether oxygens (including phenoxy) is 1. The minimum Gasteiger partial charge on any atom is -0.494 e. The van der Waals surface area contributed by atoms with Crippen LogP contribution in [0.25, 0.3) is 10.6 Å². The third-order valence-electron chi connectivity index (χ3n) is 3.81. The van der Waals surface area contributed by atoms with Gasteiger partial charge in [-0.25, -0.2) is 4.98 Å². The molecule has 0 aliphatic rings. The van der Waals surface area contributed by atoms with Crippen molar-refractivity contribution in [1.29, 1.82) is 0 Å². The molecule has 25 heavy (non-hydrogen) atoms. The molecule has 2 aromatic heterocycles. The Kier molecular flexibility index (Phi) is 5.14. The number of aromatic nitrogens is 3. The molecule has 6 nitrogen and oxygen atoms in total. The molecule has 0 unspecified atom stereocenters. The predicted octanol–water partition coefficient (Wildman–Crippen LogP) is 3.77. The molecule has 0 saturated carbocycles. The van der Waals surface area contributed by atoms with Crippen LogP contribution in [0.4, 0.5) is 5.69 Å². The normalized spacial score (nSPS) is 10.7. The first-order valence-corrected chi connectivity index (χ1v) is 8.95. The molecule has 3 aromatic rings. The molecular formula is C18H20N4O2S. The van der Waals surface area contributed by atoms with Crippen molar-refractivity contribution in [2.24, 2.45) is 0 Å². The fourth-order valence-electron chi connectivity index (χ4n) is 2.44. The number of benzene rings is 1. The number of thiazole rings is 1. The number of hydrogen-bond acceptors (Lipinski definition) is 5. The van der Waals surface area contributed by atoms with Crippen molar-refractivity contribution < 1.29 is 9.53 Å². The zero-order chi connectivity index (χ0) is 17.8. The van der Waals surface area contributed by atoms with Crippen molar-refractivity contribution in [3.63, 3.8) is 0 Å². The first-order valence-electron chi connectivity index (χ1n) is 8.13. The number of carbonyl (C=O) groups is 1. The van der Waals surface area contributed by atoms with E-state index in [1.54, 1.807) is 24.3 Å². The van der Waals surface area contributed by atoms with Gasteiger partial charge in [-0.3, -0.25) is 9.89 Å². The summed E-state index contributed by atoms with van der Waals surface area (Å²) in [6.45, 7) is 4.60. The summed E-state index contributed by atoms with van der Waals surface area (Å²) in [4.78, 5) is 19.8. The lowest BCUT2D eigenvalue weighted by Crippen LogP contribution is -2.25. The predicted molar refractivity (Wildman–Crippen MR) is 99.4 cm³/mol. The summed E-state index contributed by atoms with van der Waals surface area (Å²) in [5, 5.41) is 7.46. The van der Waals surface area contributed by atoms with Crippen LogP contribution in [0.3, 0.4) is 0 Å². The Morgan fingerprint density at radius 1 is 1.28 bits per heavy atom. The smallest absolute Gasteiger partial charge is 0.270 e. The first-order chi connectivity index (χ1) is 12.1. The van der Waals surface area contributed by atoms with Crippen LogP contribution >= 0.6 is 11.3 Å². The van der Waals surface area contributed by atoms with E-state index in [0.29, 0.717) is 17.9 Å². The molecule has 1 aromatic carbocycles. The Bertz CT molecular complexity index is 841. The van der Waals surface area contributed by atoms with Gasteiger partial charge in [-0.15, -0.1) is 11.3 Å². The molecule has 0 aliphatic carbocycles. The van der Waals surface area contributed by atoms with Crippen LogP contribution in [0.1, 0.15) is 29.2 Å².